The fourth-order valence-corrected chi connectivity index (χ4v) is 2.73. The van der Waals surface area contributed by atoms with Crippen molar-refractivity contribution in [2.45, 2.75) is 32.0 Å². The van der Waals surface area contributed by atoms with E-state index in [-0.39, 0.29) is 78.6 Å². The van der Waals surface area contributed by atoms with E-state index in [1.165, 1.54) is 11.4 Å². The summed E-state index contributed by atoms with van der Waals surface area (Å²) in [5, 5.41) is 2.25. The molecule has 123 valence electrons. The molecule has 3 amide bonds. The van der Waals surface area contributed by atoms with Gasteiger partial charge in [0.25, 0.3) is 0 Å². The predicted molar refractivity (Wildman–Crippen MR) is 71.8 cm³/mol. The number of hydrogen-bond donors (Lipinski definition) is 1. The Hall–Kier alpha value is -0.908. The SMILES string of the molecule is O=[C-]OCc1[c-]cc2c(c1)C(=O)N(C1CCC(=O)NC1=O)C2.[W].[Y]. The molecule has 2 heterocycles. The standard InChI is InChI=1S/C15H12N2O5.W.Y/c18-8-22-7-9-1-2-10-6-17(15(21)11(10)5-9)12-3-4-13(19)16-14(12)20;;/h2,5,12H,3-4,6-7H2,(H,16,19,20);;/q-2;;. The molecule has 2 aliphatic rings. The molecule has 3 rings (SSSR count). The number of imide groups is 1. The Morgan fingerprint density at radius 1 is 1.38 bits per heavy atom. The van der Waals surface area contributed by atoms with E-state index in [9.17, 15) is 19.2 Å². The second kappa shape index (κ2) is 8.97. The molecule has 1 saturated heterocycles. The van der Waals surface area contributed by atoms with Gasteiger partial charge in [-0.15, -0.1) is 11.1 Å². The van der Waals surface area contributed by atoms with Crippen LogP contribution in [-0.2, 0) is 86.0 Å². The molecule has 1 atom stereocenters. The van der Waals surface area contributed by atoms with Gasteiger partial charge >= 0.3 is 0 Å². The Labute approximate surface area is 178 Å². The van der Waals surface area contributed by atoms with E-state index in [1.807, 2.05) is 0 Å². The van der Waals surface area contributed by atoms with Crippen molar-refractivity contribution in [1.29, 1.82) is 0 Å². The summed E-state index contributed by atoms with van der Waals surface area (Å²) in [5.41, 5.74) is 1.78. The van der Waals surface area contributed by atoms with E-state index >= 15 is 0 Å². The van der Waals surface area contributed by atoms with Crippen LogP contribution >= 0.6 is 0 Å². The van der Waals surface area contributed by atoms with Crippen LogP contribution in [0.1, 0.15) is 34.3 Å². The van der Waals surface area contributed by atoms with Gasteiger partial charge in [0.1, 0.15) is 6.04 Å². The topological polar surface area (TPSA) is 92.8 Å². The normalized spacial score (nSPS) is 18.9. The van der Waals surface area contributed by atoms with Gasteiger partial charge in [-0.25, -0.2) is 0 Å². The molecule has 0 aromatic heterocycles. The minimum Gasteiger partial charge on any atom is -0.651 e. The Bertz CT molecular complexity index is 682. The van der Waals surface area contributed by atoms with Gasteiger partial charge in [-0.1, -0.05) is 12.0 Å². The Kier molecular flexibility index (Phi) is 7.90. The van der Waals surface area contributed by atoms with Crippen molar-refractivity contribution in [3.8, 4) is 0 Å². The van der Waals surface area contributed by atoms with Gasteiger partial charge in [0.15, 0.2) is 0 Å². The quantitative estimate of drug-likeness (QED) is 0.399. The number of nitrogens with zero attached hydrogens (tertiary/aromatic N) is 1. The summed E-state index contributed by atoms with van der Waals surface area (Å²) in [5.74, 6) is -1.03. The number of fused-ring (bicyclic) bond motifs is 1. The van der Waals surface area contributed by atoms with E-state index in [4.69, 9.17) is 0 Å². The molecule has 1 aromatic carbocycles. The van der Waals surface area contributed by atoms with E-state index in [1.54, 1.807) is 12.1 Å². The first kappa shape index (κ1) is 21.1. The van der Waals surface area contributed by atoms with Crippen molar-refractivity contribution < 1.29 is 77.7 Å². The molecular weight excluding hydrogens is 561 g/mol. The van der Waals surface area contributed by atoms with Crippen LogP contribution in [0.3, 0.4) is 0 Å². The summed E-state index contributed by atoms with van der Waals surface area (Å²) in [6.45, 7) is 1.61. The van der Waals surface area contributed by atoms with Crippen LogP contribution in [0.4, 0.5) is 0 Å². The minimum absolute atomic E-state index is 0. The number of ether oxygens (including phenoxy) is 1. The predicted octanol–water partition coefficient (Wildman–Crippen LogP) is -0.173. The largest absolute Gasteiger partial charge is 0.651 e. The fraction of sp³-hybridized carbons (Fsp3) is 0.333. The van der Waals surface area contributed by atoms with Gasteiger partial charge in [0, 0.05) is 66.7 Å². The van der Waals surface area contributed by atoms with Crippen LogP contribution in [0.15, 0.2) is 12.1 Å². The molecule has 1 radical (unpaired) electrons. The van der Waals surface area contributed by atoms with Crippen LogP contribution < -0.4 is 5.32 Å². The summed E-state index contributed by atoms with van der Waals surface area (Å²) < 4.78 is 4.52. The number of amides is 3. The maximum atomic E-state index is 12.5. The second-order valence-electron chi connectivity index (χ2n) is 5.17. The van der Waals surface area contributed by atoms with Crippen LogP contribution in [0.25, 0.3) is 0 Å². The van der Waals surface area contributed by atoms with E-state index in [0.29, 0.717) is 24.1 Å². The third kappa shape index (κ3) is 4.19. The first-order valence-corrected chi connectivity index (χ1v) is 6.77. The van der Waals surface area contributed by atoms with Crippen LogP contribution in [-0.4, -0.2) is 35.1 Å². The number of rotatable bonds is 4. The Morgan fingerprint density at radius 2 is 2.12 bits per heavy atom. The Balaban J connectivity index is 0.00000144. The molecule has 0 bridgehead atoms. The van der Waals surface area contributed by atoms with Crippen LogP contribution in [0.2, 0.25) is 0 Å². The molecular formula is C15H12N2O5WY-2. The second-order valence-corrected chi connectivity index (χ2v) is 5.17. The molecule has 1 fully saturated rings. The number of piperidine rings is 1. The van der Waals surface area contributed by atoms with Gasteiger partial charge in [0.2, 0.25) is 17.7 Å². The Morgan fingerprint density at radius 3 is 2.79 bits per heavy atom. The number of carbonyl (C=O) groups is 3. The molecule has 1 aromatic rings. The maximum Gasteiger partial charge on any atom is 0.249 e. The first-order chi connectivity index (χ1) is 10.6. The molecule has 0 spiro atoms. The van der Waals surface area contributed by atoms with E-state index in [2.05, 4.69) is 16.1 Å². The van der Waals surface area contributed by atoms with Gasteiger partial charge in [-0.05, 0) is 6.42 Å². The van der Waals surface area contributed by atoms with E-state index in [0.717, 1.165) is 5.56 Å². The van der Waals surface area contributed by atoms with Gasteiger partial charge in [0.05, 0.1) is 6.61 Å². The molecule has 1 unspecified atom stereocenters. The third-order valence-electron chi connectivity index (χ3n) is 3.80. The average molecular weight is 573 g/mol. The average Bonchev–Trinajstić information content (AvgIpc) is 2.82. The van der Waals surface area contributed by atoms with Crippen molar-refractivity contribution >= 4 is 24.2 Å². The smallest absolute Gasteiger partial charge is 0.249 e. The zero-order valence-corrected chi connectivity index (χ0v) is 18.3. The fourth-order valence-electron chi connectivity index (χ4n) is 2.73. The van der Waals surface area contributed by atoms with E-state index < -0.39 is 11.9 Å². The molecule has 0 saturated carbocycles. The maximum absolute atomic E-state index is 12.5. The molecule has 9 heteroatoms. The van der Waals surface area contributed by atoms with Gasteiger partial charge in [-0.2, -0.15) is 18.2 Å². The summed E-state index contributed by atoms with van der Waals surface area (Å²) in [4.78, 5) is 47.1. The van der Waals surface area contributed by atoms with Gasteiger partial charge < -0.3 is 14.4 Å². The first-order valence-electron chi connectivity index (χ1n) is 6.77. The molecule has 2 aliphatic heterocycles. The molecule has 24 heavy (non-hydrogen) atoms. The van der Waals surface area contributed by atoms with Crippen molar-refractivity contribution in [3.63, 3.8) is 0 Å². The number of hydrogen-bond acceptors (Lipinski definition) is 5. The molecule has 0 aliphatic carbocycles. The van der Waals surface area contributed by atoms with Crippen LogP contribution in [0, 0.1) is 6.07 Å². The molecule has 7 nitrogen and oxygen atoms in total. The van der Waals surface area contributed by atoms with Crippen LogP contribution in [0.5, 0.6) is 0 Å². The summed E-state index contributed by atoms with van der Waals surface area (Å²) in [7, 11) is 0. The van der Waals surface area contributed by atoms with Crippen molar-refractivity contribution in [1.82, 2.24) is 10.2 Å². The van der Waals surface area contributed by atoms with Gasteiger partial charge in [-0.3, -0.25) is 19.7 Å². The zero-order chi connectivity index (χ0) is 15.7. The number of benzene rings is 1. The van der Waals surface area contributed by atoms with Crippen molar-refractivity contribution in [2.24, 2.45) is 0 Å². The number of nitrogens with one attached hydrogen (secondary N) is 1. The summed E-state index contributed by atoms with van der Waals surface area (Å²) >= 11 is 0. The number of carbonyl (C=O) groups excluding carboxylic acids is 4. The van der Waals surface area contributed by atoms with Crippen molar-refractivity contribution in [2.75, 3.05) is 0 Å². The monoisotopic (exact) mass is 573 g/mol. The summed E-state index contributed by atoms with van der Waals surface area (Å²) in [6, 6.07) is 5.54. The zero-order valence-electron chi connectivity index (χ0n) is 12.5. The third-order valence-corrected chi connectivity index (χ3v) is 3.80. The molecule has 1 N–H and O–H groups in total. The van der Waals surface area contributed by atoms with Crippen molar-refractivity contribution in [3.05, 3.63) is 34.9 Å². The summed E-state index contributed by atoms with van der Waals surface area (Å²) in [6.07, 6.45) is 0.543. The minimum atomic E-state index is -0.638.